The van der Waals surface area contributed by atoms with Gasteiger partial charge in [0.15, 0.2) is 0 Å². The highest BCUT2D eigenvalue weighted by Gasteiger charge is 2.24. The van der Waals surface area contributed by atoms with E-state index in [1.165, 1.54) is 18.5 Å². The van der Waals surface area contributed by atoms with Gasteiger partial charge in [0.1, 0.15) is 5.82 Å². The third kappa shape index (κ3) is 3.30. The topological polar surface area (TPSA) is 48.0 Å². The van der Waals surface area contributed by atoms with E-state index in [4.69, 9.17) is 0 Å². The number of hydrogen-bond donors (Lipinski definition) is 1. The van der Waals surface area contributed by atoms with E-state index in [1.807, 2.05) is 0 Å². The van der Waals surface area contributed by atoms with E-state index in [-0.39, 0.29) is 0 Å². The maximum atomic E-state index is 4.67. The lowest BCUT2D eigenvalue weighted by Gasteiger charge is -2.38. The highest BCUT2D eigenvalue weighted by molar-refractivity contribution is 5.40. The standard InChI is InChI=1S/C17H25N5/c1-13-6-4-8-17(20-13)22-9-5-7-15(10-22)21(3)11-16-14(2)18-12-19-16/h4,6,8,12,15H,5,7,9-11H2,1-3H3,(H,18,19)/t15-/m1/s1. The summed E-state index contributed by atoms with van der Waals surface area (Å²) in [7, 11) is 2.20. The highest BCUT2D eigenvalue weighted by Crippen LogP contribution is 2.21. The monoisotopic (exact) mass is 299 g/mol. The summed E-state index contributed by atoms with van der Waals surface area (Å²) < 4.78 is 0. The molecule has 118 valence electrons. The van der Waals surface area contributed by atoms with Gasteiger partial charge >= 0.3 is 0 Å². The number of likely N-dealkylation sites (N-methyl/N-ethyl adjacent to an activating group) is 1. The second kappa shape index (κ2) is 6.48. The Bertz CT molecular complexity index is 621. The third-order valence-electron chi connectivity index (χ3n) is 4.55. The Morgan fingerprint density at radius 3 is 2.95 bits per heavy atom. The van der Waals surface area contributed by atoms with Crippen molar-refractivity contribution in [3.8, 4) is 0 Å². The lowest BCUT2D eigenvalue weighted by Crippen LogP contribution is -2.46. The first-order chi connectivity index (χ1) is 10.6. The summed E-state index contributed by atoms with van der Waals surface area (Å²) >= 11 is 0. The summed E-state index contributed by atoms with van der Waals surface area (Å²) in [6.45, 7) is 7.17. The van der Waals surface area contributed by atoms with Crippen molar-refractivity contribution in [2.45, 2.75) is 39.3 Å². The van der Waals surface area contributed by atoms with Gasteiger partial charge in [-0.3, -0.25) is 4.90 Å². The van der Waals surface area contributed by atoms with Gasteiger partial charge in [0.25, 0.3) is 0 Å². The minimum Gasteiger partial charge on any atom is -0.355 e. The maximum Gasteiger partial charge on any atom is 0.128 e. The van der Waals surface area contributed by atoms with Gasteiger partial charge in [0, 0.05) is 37.1 Å². The minimum absolute atomic E-state index is 0.548. The van der Waals surface area contributed by atoms with Crippen LogP contribution >= 0.6 is 0 Å². The first-order valence-electron chi connectivity index (χ1n) is 8.01. The maximum absolute atomic E-state index is 4.67. The fourth-order valence-corrected chi connectivity index (χ4v) is 3.14. The number of H-pyrrole nitrogens is 1. The average molecular weight is 299 g/mol. The van der Waals surface area contributed by atoms with E-state index in [0.717, 1.165) is 36.8 Å². The molecule has 1 atom stereocenters. The van der Waals surface area contributed by atoms with Crippen molar-refractivity contribution >= 4 is 5.82 Å². The molecule has 2 aromatic heterocycles. The van der Waals surface area contributed by atoms with Gasteiger partial charge in [-0.05, 0) is 45.9 Å². The molecule has 1 N–H and O–H groups in total. The molecule has 0 bridgehead atoms. The van der Waals surface area contributed by atoms with Crippen molar-refractivity contribution in [2.24, 2.45) is 0 Å². The largest absolute Gasteiger partial charge is 0.355 e. The predicted octanol–water partition coefficient (Wildman–Crippen LogP) is 2.52. The molecule has 0 saturated carbocycles. The Morgan fingerprint density at radius 1 is 1.36 bits per heavy atom. The van der Waals surface area contributed by atoms with Gasteiger partial charge in [0.2, 0.25) is 0 Å². The number of anilines is 1. The number of nitrogens with one attached hydrogen (secondary N) is 1. The fourth-order valence-electron chi connectivity index (χ4n) is 3.14. The van der Waals surface area contributed by atoms with E-state index in [9.17, 15) is 0 Å². The number of pyridine rings is 1. The molecule has 0 aliphatic carbocycles. The van der Waals surface area contributed by atoms with Crippen molar-refractivity contribution in [1.29, 1.82) is 0 Å². The lowest BCUT2D eigenvalue weighted by molar-refractivity contribution is 0.205. The molecule has 22 heavy (non-hydrogen) atoms. The number of imidazole rings is 1. The molecule has 0 amide bonds. The SMILES string of the molecule is Cc1cccc(N2CCC[C@@H](N(C)Cc3nc[nH]c3C)C2)n1. The number of aromatic nitrogens is 3. The van der Waals surface area contributed by atoms with Crippen molar-refractivity contribution < 1.29 is 0 Å². The van der Waals surface area contributed by atoms with Gasteiger partial charge < -0.3 is 9.88 Å². The summed E-state index contributed by atoms with van der Waals surface area (Å²) in [4.78, 5) is 17.1. The Balaban J connectivity index is 1.66. The van der Waals surface area contributed by atoms with Crippen LogP contribution in [0.2, 0.25) is 0 Å². The van der Waals surface area contributed by atoms with E-state index in [2.05, 4.69) is 63.8 Å². The Labute approximate surface area is 132 Å². The number of nitrogens with zero attached hydrogens (tertiary/aromatic N) is 4. The molecule has 0 radical (unpaired) electrons. The number of piperidine rings is 1. The van der Waals surface area contributed by atoms with Gasteiger partial charge in [-0.15, -0.1) is 0 Å². The zero-order valence-electron chi connectivity index (χ0n) is 13.7. The minimum atomic E-state index is 0.548. The summed E-state index contributed by atoms with van der Waals surface area (Å²) in [5.74, 6) is 1.11. The molecule has 0 unspecified atom stereocenters. The van der Waals surface area contributed by atoms with Gasteiger partial charge in [-0.2, -0.15) is 0 Å². The molecule has 0 spiro atoms. The zero-order chi connectivity index (χ0) is 15.5. The van der Waals surface area contributed by atoms with E-state index < -0.39 is 0 Å². The van der Waals surface area contributed by atoms with Crippen LogP contribution in [0, 0.1) is 13.8 Å². The van der Waals surface area contributed by atoms with Crippen LogP contribution in [0.3, 0.4) is 0 Å². The number of rotatable bonds is 4. The molecule has 3 heterocycles. The Kier molecular flexibility index (Phi) is 4.43. The summed E-state index contributed by atoms with van der Waals surface area (Å²) in [6, 6.07) is 6.81. The molecule has 5 heteroatoms. The fraction of sp³-hybridized carbons (Fsp3) is 0.529. The van der Waals surface area contributed by atoms with Crippen molar-refractivity contribution in [3.63, 3.8) is 0 Å². The summed E-state index contributed by atoms with van der Waals surface area (Å²) in [5, 5.41) is 0. The normalized spacial score (nSPS) is 18.9. The van der Waals surface area contributed by atoms with E-state index in [1.54, 1.807) is 6.33 Å². The molecular weight excluding hydrogens is 274 g/mol. The molecular formula is C17H25N5. The Hall–Kier alpha value is -1.88. The van der Waals surface area contributed by atoms with Crippen LogP contribution in [-0.4, -0.2) is 46.0 Å². The number of aryl methyl sites for hydroxylation is 2. The molecule has 1 fully saturated rings. The predicted molar refractivity (Wildman–Crippen MR) is 89.0 cm³/mol. The zero-order valence-corrected chi connectivity index (χ0v) is 13.7. The van der Waals surface area contributed by atoms with E-state index in [0.29, 0.717) is 6.04 Å². The second-order valence-corrected chi connectivity index (χ2v) is 6.27. The second-order valence-electron chi connectivity index (χ2n) is 6.27. The van der Waals surface area contributed by atoms with Crippen LogP contribution in [0.5, 0.6) is 0 Å². The number of aromatic amines is 1. The van der Waals surface area contributed by atoms with Crippen LogP contribution in [-0.2, 0) is 6.54 Å². The van der Waals surface area contributed by atoms with Crippen molar-refractivity contribution in [3.05, 3.63) is 41.6 Å². The molecule has 0 aromatic carbocycles. The van der Waals surface area contributed by atoms with Gasteiger partial charge in [-0.1, -0.05) is 6.07 Å². The molecule has 1 saturated heterocycles. The average Bonchev–Trinajstić information content (AvgIpc) is 2.92. The number of hydrogen-bond acceptors (Lipinski definition) is 4. The van der Waals surface area contributed by atoms with Crippen LogP contribution in [0.15, 0.2) is 24.5 Å². The van der Waals surface area contributed by atoms with Crippen LogP contribution in [0.4, 0.5) is 5.82 Å². The summed E-state index contributed by atoms with van der Waals surface area (Å²) in [6.07, 6.45) is 4.23. The van der Waals surface area contributed by atoms with E-state index >= 15 is 0 Å². The highest BCUT2D eigenvalue weighted by atomic mass is 15.3. The third-order valence-corrected chi connectivity index (χ3v) is 4.55. The van der Waals surface area contributed by atoms with Crippen molar-refractivity contribution in [2.75, 3.05) is 25.0 Å². The molecule has 1 aliphatic rings. The molecule has 2 aromatic rings. The summed E-state index contributed by atoms with van der Waals surface area (Å²) in [5.41, 5.74) is 3.40. The lowest BCUT2D eigenvalue weighted by atomic mass is 10.0. The van der Waals surface area contributed by atoms with Crippen LogP contribution in [0.25, 0.3) is 0 Å². The van der Waals surface area contributed by atoms with Gasteiger partial charge in [-0.25, -0.2) is 9.97 Å². The molecule has 1 aliphatic heterocycles. The molecule has 3 rings (SSSR count). The van der Waals surface area contributed by atoms with Crippen LogP contribution < -0.4 is 4.90 Å². The smallest absolute Gasteiger partial charge is 0.128 e. The first-order valence-corrected chi connectivity index (χ1v) is 8.01. The first kappa shape index (κ1) is 15.0. The quantitative estimate of drug-likeness (QED) is 0.942. The van der Waals surface area contributed by atoms with Crippen molar-refractivity contribution in [1.82, 2.24) is 19.9 Å². The van der Waals surface area contributed by atoms with Crippen LogP contribution in [0.1, 0.15) is 29.9 Å². The Morgan fingerprint density at radius 2 is 2.23 bits per heavy atom. The van der Waals surface area contributed by atoms with Gasteiger partial charge in [0.05, 0.1) is 12.0 Å². The molecule has 5 nitrogen and oxygen atoms in total.